The maximum absolute atomic E-state index is 13.5. The molecule has 2 amide bonds. The van der Waals surface area contributed by atoms with Gasteiger partial charge in [-0.1, -0.05) is 45.0 Å². The zero-order chi connectivity index (χ0) is 41.5. The Morgan fingerprint density at radius 3 is 2.31 bits per heavy atom. The number of carbonyl (C=O) groups is 1. The van der Waals surface area contributed by atoms with Crippen LogP contribution in [0, 0.1) is 0 Å². The van der Waals surface area contributed by atoms with Gasteiger partial charge in [0.05, 0.1) is 50.2 Å². The second kappa shape index (κ2) is 18.4. The molecule has 1 unspecified atom stereocenters. The third kappa shape index (κ3) is 10.5. The van der Waals surface area contributed by atoms with Gasteiger partial charge in [0, 0.05) is 54.1 Å². The number of urea groups is 1. The van der Waals surface area contributed by atoms with Gasteiger partial charge in [-0.3, -0.25) is 4.90 Å². The quantitative estimate of drug-likeness (QED) is 0.0809. The summed E-state index contributed by atoms with van der Waals surface area (Å²) in [4.78, 5) is 20.3. The second-order valence-corrected chi connectivity index (χ2v) is 17.9. The number of benzene rings is 4. The highest BCUT2D eigenvalue weighted by molar-refractivity contribution is 7.91. The van der Waals surface area contributed by atoms with Crippen molar-refractivity contribution in [3.63, 3.8) is 0 Å². The van der Waals surface area contributed by atoms with Crippen LogP contribution in [0.25, 0.3) is 10.8 Å². The highest BCUT2D eigenvalue weighted by Crippen LogP contribution is 2.40. The number of morpholine rings is 1. The smallest absolute Gasteiger partial charge is 0.323 e. The highest BCUT2D eigenvalue weighted by Gasteiger charge is 2.23. The molecule has 4 aromatic carbocycles. The summed E-state index contributed by atoms with van der Waals surface area (Å²) in [6, 6.07) is 22.6. The number of carbonyl (C=O) groups excluding carboxylic acids is 1. The van der Waals surface area contributed by atoms with E-state index in [4.69, 9.17) is 18.9 Å². The maximum Gasteiger partial charge on any atom is 0.323 e. The van der Waals surface area contributed by atoms with Crippen LogP contribution in [-0.4, -0.2) is 87.6 Å². The molecule has 1 aromatic heterocycles. The molecule has 16 heteroatoms. The molecule has 4 N–H and O–H groups in total. The summed E-state index contributed by atoms with van der Waals surface area (Å²) in [6.07, 6.45) is 3.64. The Bertz CT molecular complexity index is 2400. The maximum atomic E-state index is 13.5. The normalized spacial score (nSPS) is 14.0. The van der Waals surface area contributed by atoms with Crippen LogP contribution in [-0.2, 0) is 31.0 Å². The molecule has 0 aliphatic carbocycles. The van der Waals surface area contributed by atoms with E-state index in [0.29, 0.717) is 72.0 Å². The molecule has 0 saturated carbocycles. The van der Waals surface area contributed by atoms with Crippen LogP contribution in [0.4, 0.5) is 33.4 Å². The Morgan fingerprint density at radius 1 is 0.879 bits per heavy atom. The minimum Gasteiger partial charge on any atom is -0.495 e. The van der Waals surface area contributed by atoms with E-state index >= 15 is 0 Å². The average molecular weight is 831 g/mol. The molecule has 308 valence electrons. The Hall–Kier alpha value is -5.42. The van der Waals surface area contributed by atoms with Crippen molar-refractivity contribution in [3.8, 4) is 23.0 Å². The van der Waals surface area contributed by atoms with Crippen molar-refractivity contribution in [2.75, 3.05) is 79.7 Å². The van der Waals surface area contributed by atoms with Gasteiger partial charge in [-0.25, -0.2) is 22.4 Å². The van der Waals surface area contributed by atoms with Gasteiger partial charge in [-0.2, -0.15) is 0 Å². The van der Waals surface area contributed by atoms with Crippen molar-refractivity contribution < 1.29 is 36.4 Å². The minimum absolute atomic E-state index is 0.0113. The summed E-state index contributed by atoms with van der Waals surface area (Å²) >= 11 is 0. The summed E-state index contributed by atoms with van der Waals surface area (Å²) in [6.45, 7) is 9.78. The molecule has 0 bridgehead atoms. The van der Waals surface area contributed by atoms with E-state index in [9.17, 15) is 17.4 Å². The van der Waals surface area contributed by atoms with Gasteiger partial charge in [0.25, 0.3) is 0 Å². The first-order chi connectivity index (χ1) is 27.7. The average Bonchev–Trinajstić information content (AvgIpc) is 3.18. The molecule has 0 radical (unpaired) electrons. The topological polar surface area (TPSA) is 169 Å². The number of aromatic nitrogens is 1. The Kier molecular flexibility index (Phi) is 13.4. The highest BCUT2D eigenvalue weighted by atomic mass is 32.2. The lowest BCUT2D eigenvalue weighted by atomic mass is 9.86. The van der Waals surface area contributed by atoms with Gasteiger partial charge in [0.2, 0.25) is 0 Å². The lowest BCUT2D eigenvalue weighted by Crippen LogP contribution is -2.37. The van der Waals surface area contributed by atoms with Gasteiger partial charge in [0.15, 0.2) is 15.6 Å². The second-order valence-electron chi connectivity index (χ2n) is 14.7. The molecule has 1 fully saturated rings. The molecule has 1 saturated heterocycles. The molecule has 1 aliphatic heterocycles. The molecule has 6 rings (SSSR count). The minimum atomic E-state index is -3.58. The summed E-state index contributed by atoms with van der Waals surface area (Å²) in [5.74, 6) is 2.12. The fourth-order valence-corrected chi connectivity index (χ4v) is 8.50. The fraction of sp³-hybridized carbons (Fsp3) is 0.333. The molecular weight excluding hydrogens is 781 g/mol. The van der Waals surface area contributed by atoms with E-state index in [-0.39, 0.29) is 21.8 Å². The monoisotopic (exact) mass is 830 g/mol. The summed E-state index contributed by atoms with van der Waals surface area (Å²) < 4.78 is 64.5. The number of rotatable bonds is 15. The molecule has 0 spiro atoms. The number of pyridine rings is 1. The number of anilines is 5. The number of hydrogen-bond donors (Lipinski definition) is 4. The Balaban J connectivity index is 1.16. The third-order valence-corrected chi connectivity index (χ3v) is 11.9. The number of fused-ring (bicyclic) bond motifs is 1. The van der Waals surface area contributed by atoms with Crippen LogP contribution in [0.1, 0.15) is 32.8 Å². The largest absolute Gasteiger partial charge is 0.495 e. The van der Waals surface area contributed by atoms with E-state index in [1.165, 1.54) is 20.5 Å². The molecule has 5 aromatic rings. The van der Waals surface area contributed by atoms with Crippen molar-refractivity contribution >= 4 is 66.2 Å². The number of sulfone groups is 1. The fourth-order valence-electron chi connectivity index (χ4n) is 6.58. The van der Waals surface area contributed by atoms with E-state index in [1.807, 2.05) is 57.2 Å². The van der Waals surface area contributed by atoms with Crippen molar-refractivity contribution in [1.29, 1.82) is 0 Å². The lowest BCUT2D eigenvalue weighted by molar-refractivity contribution is 0.0381. The van der Waals surface area contributed by atoms with E-state index in [2.05, 4.69) is 30.6 Å². The first-order valence-corrected chi connectivity index (χ1v) is 22.0. The first-order valence-electron chi connectivity index (χ1n) is 18.8. The molecule has 2 heterocycles. The van der Waals surface area contributed by atoms with Crippen LogP contribution in [0.3, 0.4) is 0 Å². The van der Waals surface area contributed by atoms with Crippen LogP contribution in [0.5, 0.6) is 23.0 Å². The van der Waals surface area contributed by atoms with Gasteiger partial charge < -0.3 is 39.6 Å². The number of methoxy groups -OCH3 is 2. The predicted octanol–water partition coefficient (Wildman–Crippen LogP) is 7.93. The standard InChI is InChI=1S/C42H50N6O8S2/c1-42(2,3)28-24-34(40(54-5)35(25-28)47-57(6)50)46-41(49)45-33-13-14-36(32-11-8-7-10-31(32)33)56-30-16-17-43-39(27-30)44-29-12-15-38(37(26-29)53-4)58(51,52)23-9-18-48-19-21-55-22-20-48/h7-8,10-17,24-27,47H,9,18-23H2,1-6H3,(H,43,44)(H2,45,46,49). The van der Waals surface area contributed by atoms with Crippen molar-refractivity contribution in [2.24, 2.45) is 0 Å². The van der Waals surface area contributed by atoms with Crippen LogP contribution in [0.15, 0.2) is 90.0 Å². The predicted molar refractivity (Wildman–Crippen MR) is 230 cm³/mol. The SMILES string of the molecule is COc1cc(Nc2cc(Oc3ccc(NC(=O)Nc4cc(C(C)(C)C)cc(NS(C)=O)c4OC)c4ccccc34)ccn2)ccc1S(=O)(=O)CCCN1CCOCC1. The van der Waals surface area contributed by atoms with E-state index < -0.39 is 26.9 Å². The van der Waals surface area contributed by atoms with E-state index in [1.54, 1.807) is 48.7 Å². The number of amides is 2. The zero-order valence-corrected chi connectivity index (χ0v) is 35.1. The molecule has 1 atom stereocenters. The Labute approximate surface area is 342 Å². The molecule has 14 nitrogen and oxygen atoms in total. The Morgan fingerprint density at radius 2 is 1.60 bits per heavy atom. The van der Waals surface area contributed by atoms with Gasteiger partial charge in [0.1, 0.15) is 38.9 Å². The van der Waals surface area contributed by atoms with Crippen LogP contribution >= 0.6 is 0 Å². The molecule has 58 heavy (non-hydrogen) atoms. The third-order valence-electron chi connectivity index (χ3n) is 9.51. The van der Waals surface area contributed by atoms with Gasteiger partial charge >= 0.3 is 6.03 Å². The summed E-state index contributed by atoms with van der Waals surface area (Å²) in [5, 5.41) is 10.6. The molecular formula is C42H50N6O8S2. The molecule has 1 aliphatic rings. The summed E-state index contributed by atoms with van der Waals surface area (Å²) in [5.41, 5.74) is 2.70. The summed E-state index contributed by atoms with van der Waals surface area (Å²) in [7, 11) is -2.01. The zero-order valence-electron chi connectivity index (χ0n) is 33.5. The van der Waals surface area contributed by atoms with Crippen molar-refractivity contribution in [3.05, 3.63) is 90.6 Å². The van der Waals surface area contributed by atoms with Crippen LogP contribution in [0.2, 0.25) is 0 Å². The van der Waals surface area contributed by atoms with Crippen molar-refractivity contribution in [1.82, 2.24) is 9.88 Å². The van der Waals surface area contributed by atoms with Gasteiger partial charge in [-0.05, 0) is 66.4 Å². The lowest BCUT2D eigenvalue weighted by Gasteiger charge is -2.26. The number of nitrogens with zero attached hydrogens (tertiary/aromatic N) is 2. The van der Waals surface area contributed by atoms with Crippen molar-refractivity contribution in [2.45, 2.75) is 37.5 Å². The van der Waals surface area contributed by atoms with Gasteiger partial charge in [-0.15, -0.1) is 0 Å². The number of nitrogens with one attached hydrogen (secondary N) is 4. The first kappa shape index (κ1) is 42.2. The number of ether oxygens (including phenoxy) is 4. The van der Waals surface area contributed by atoms with E-state index in [0.717, 1.165) is 29.4 Å². The number of hydrogen-bond acceptors (Lipinski definition) is 11. The van der Waals surface area contributed by atoms with Crippen LogP contribution < -0.4 is 34.9 Å².